The lowest BCUT2D eigenvalue weighted by Gasteiger charge is -2.21. The van der Waals surface area contributed by atoms with Gasteiger partial charge in [0.15, 0.2) is 5.11 Å². The van der Waals surface area contributed by atoms with Gasteiger partial charge in [-0.3, -0.25) is 4.79 Å². The van der Waals surface area contributed by atoms with E-state index in [0.29, 0.717) is 17.5 Å². The third-order valence-corrected chi connectivity index (χ3v) is 3.09. The summed E-state index contributed by atoms with van der Waals surface area (Å²) in [5.74, 6) is 0.626. The summed E-state index contributed by atoms with van der Waals surface area (Å²) >= 11 is 5.03. The van der Waals surface area contributed by atoms with E-state index in [-0.39, 0.29) is 11.9 Å². The van der Waals surface area contributed by atoms with Crippen molar-refractivity contribution in [2.45, 2.75) is 58.4 Å². The number of carbonyl (C=O) groups excluding carboxylic acids is 1. The van der Waals surface area contributed by atoms with Gasteiger partial charge in [-0.2, -0.15) is 0 Å². The van der Waals surface area contributed by atoms with Gasteiger partial charge >= 0.3 is 0 Å². The van der Waals surface area contributed by atoms with Gasteiger partial charge in [-0.05, 0) is 44.8 Å². The van der Waals surface area contributed by atoms with E-state index in [4.69, 9.17) is 12.2 Å². The zero-order valence-electron chi connectivity index (χ0n) is 10.2. The normalized spacial score (nSPS) is 17.2. The molecule has 1 fully saturated rings. The van der Waals surface area contributed by atoms with Crippen LogP contribution in [-0.4, -0.2) is 17.1 Å². The Hall–Kier alpha value is -0.640. The summed E-state index contributed by atoms with van der Waals surface area (Å²) in [5, 5.41) is 6.20. The molecule has 1 saturated carbocycles. The van der Waals surface area contributed by atoms with Gasteiger partial charge in [-0.15, -0.1) is 0 Å². The van der Waals surface area contributed by atoms with Crippen LogP contribution in [0.1, 0.15) is 52.4 Å². The minimum absolute atomic E-state index is 0.0602. The van der Waals surface area contributed by atoms with Crippen LogP contribution >= 0.6 is 12.2 Å². The van der Waals surface area contributed by atoms with Gasteiger partial charge in [0.05, 0.1) is 0 Å². The van der Waals surface area contributed by atoms with Crippen molar-refractivity contribution in [3.05, 3.63) is 0 Å². The summed E-state index contributed by atoms with van der Waals surface area (Å²) in [4.78, 5) is 11.7. The lowest BCUT2D eigenvalue weighted by Crippen LogP contribution is -2.42. The Morgan fingerprint density at radius 1 is 1.31 bits per heavy atom. The maximum absolute atomic E-state index is 11.7. The fourth-order valence-electron chi connectivity index (χ4n) is 2.13. The zero-order valence-corrected chi connectivity index (χ0v) is 11.0. The number of hydrogen-bond donors (Lipinski definition) is 2. The minimum atomic E-state index is 0.0602. The van der Waals surface area contributed by atoms with Gasteiger partial charge in [-0.25, -0.2) is 0 Å². The highest BCUT2D eigenvalue weighted by Crippen LogP contribution is 2.25. The summed E-state index contributed by atoms with van der Waals surface area (Å²) in [6.45, 7) is 4.00. The Labute approximate surface area is 103 Å². The molecule has 3 nitrogen and oxygen atoms in total. The highest BCUT2D eigenvalue weighted by Gasteiger charge is 2.17. The maximum atomic E-state index is 11.7. The second kappa shape index (κ2) is 6.84. The fourth-order valence-corrected chi connectivity index (χ4v) is 2.48. The van der Waals surface area contributed by atoms with E-state index < -0.39 is 0 Å². The van der Waals surface area contributed by atoms with Crippen molar-refractivity contribution in [3.8, 4) is 0 Å². The van der Waals surface area contributed by atoms with Crippen LogP contribution in [0, 0.1) is 5.92 Å². The molecule has 0 aliphatic heterocycles. The molecule has 4 heteroatoms. The van der Waals surface area contributed by atoms with E-state index in [9.17, 15) is 4.79 Å². The first-order valence-electron chi connectivity index (χ1n) is 6.18. The van der Waals surface area contributed by atoms with Crippen molar-refractivity contribution in [2.75, 3.05) is 0 Å². The lowest BCUT2D eigenvalue weighted by molar-refractivity contribution is -0.120. The molecule has 2 N–H and O–H groups in total. The number of amides is 1. The van der Waals surface area contributed by atoms with Crippen molar-refractivity contribution in [2.24, 2.45) is 5.92 Å². The van der Waals surface area contributed by atoms with Crippen molar-refractivity contribution >= 4 is 23.2 Å². The summed E-state index contributed by atoms with van der Waals surface area (Å²) in [6, 6.07) is 0.266. The molecule has 16 heavy (non-hydrogen) atoms. The predicted octanol–water partition coefficient (Wildman–Crippen LogP) is 2.36. The van der Waals surface area contributed by atoms with Crippen molar-refractivity contribution in [1.82, 2.24) is 10.6 Å². The molecular weight excluding hydrogens is 220 g/mol. The molecular formula is C12H22N2OS. The molecule has 1 rings (SSSR count). The zero-order chi connectivity index (χ0) is 12.0. The van der Waals surface area contributed by atoms with Gasteiger partial charge < -0.3 is 10.6 Å². The van der Waals surface area contributed by atoms with E-state index in [0.717, 1.165) is 0 Å². The SMILES string of the molecule is CC(C)NC(=S)NC(=O)CC1CCCCC1. The molecule has 0 heterocycles. The van der Waals surface area contributed by atoms with E-state index in [1.807, 2.05) is 13.8 Å². The number of hydrogen-bond acceptors (Lipinski definition) is 2. The van der Waals surface area contributed by atoms with Crippen LogP contribution in [0.4, 0.5) is 0 Å². The summed E-state index contributed by atoms with van der Waals surface area (Å²) in [7, 11) is 0. The van der Waals surface area contributed by atoms with Crippen LogP contribution in [0.2, 0.25) is 0 Å². The van der Waals surface area contributed by atoms with E-state index in [1.54, 1.807) is 0 Å². The topological polar surface area (TPSA) is 41.1 Å². The molecule has 0 spiro atoms. The van der Waals surface area contributed by atoms with E-state index in [2.05, 4.69) is 10.6 Å². The van der Waals surface area contributed by atoms with Gasteiger partial charge in [0.25, 0.3) is 0 Å². The predicted molar refractivity (Wildman–Crippen MR) is 70.2 cm³/mol. The first-order chi connectivity index (χ1) is 7.58. The van der Waals surface area contributed by atoms with Crippen molar-refractivity contribution in [1.29, 1.82) is 0 Å². The van der Waals surface area contributed by atoms with E-state index >= 15 is 0 Å². The Kier molecular flexibility index (Phi) is 5.74. The largest absolute Gasteiger partial charge is 0.360 e. The van der Waals surface area contributed by atoms with Crippen LogP contribution in [0.15, 0.2) is 0 Å². The molecule has 1 aliphatic carbocycles. The second-order valence-electron chi connectivity index (χ2n) is 4.88. The fraction of sp³-hybridized carbons (Fsp3) is 0.833. The Balaban J connectivity index is 2.21. The first-order valence-corrected chi connectivity index (χ1v) is 6.59. The third-order valence-electron chi connectivity index (χ3n) is 2.87. The number of rotatable bonds is 3. The summed E-state index contributed by atoms with van der Waals surface area (Å²) in [6.07, 6.45) is 6.88. The molecule has 0 atom stereocenters. The third kappa shape index (κ3) is 5.45. The number of thiocarbonyl (C=S) groups is 1. The standard InChI is InChI=1S/C12H22N2OS/c1-9(2)13-12(16)14-11(15)8-10-6-4-3-5-7-10/h9-10H,3-8H2,1-2H3,(H2,13,14,15,16). The van der Waals surface area contributed by atoms with Gasteiger partial charge in [0, 0.05) is 12.5 Å². The second-order valence-corrected chi connectivity index (χ2v) is 5.29. The molecule has 0 saturated heterocycles. The quantitative estimate of drug-likeness (QED) is 0.747. The van der Waals surface area contributed by atoms with Crippen molar-refractivity contribution in [3.63, 3.8) is 0 Å². The van der Waals surface area contributed by atoms with Gasteiger partial charge in [0.2, 0.25) is 5.91 Å². The van der Waals surface area contributed by atoms with Crippen LogP contribution in [0.25, 0.3) is 0 Å². The molecule has 0 bridgehead atoms. The van der Waals surface area contributed by atoms with Crippen LogP contribution in [0.3, 0.4) is 0 Å². The highest BCUT2D eigenvalue weighted by atomic mass is 32.1. The number of carbonyl (C=O) groups is 1. The van der Waals surface area contributed by atoms with Crippen LogP contribution < -0.4 is 10.6 Å². The average molecular weight is 242 g/mol. The van der Waals surface area contributed by atoms with Crippen LogP contribution in [-0.2, 0) is 4.79 Å². The molecule has 1 aliphatic rings. The highest BCUT2D eigenvalue weighted by molar-refractivity contribution is 7.80. The molecule has 0 aromatic rings. The monoisotopic (exact) mass is 242 g/mol. The molecule has 92 valence electrons. The molecule has 0 unspecified atom stereocenters. The lowest BCUT2D eigenvalue weighted by atomic mass is 9.87. The molecule has 0 aromatic carbocycles. The Morgan fingerprint density at radius 3 is 2.50 bits per heavy atom. The van der Waals surface area contributed by atoms with Gasteiger partial charge in [0.1, 0.15) is 0 Å². The number of nitrogens with one attached hydrogen (secondary N) is 2. The first kappa shape index (κ1) is 13.4. The smallest absolute Gasteiger partial charge is 0.226 e. The summed E-state index contributed by atoms with van der Waals surface area (Å²) in [5.41, 5.74) is 0. The minimum Gasteiger partial charge on any atom is -0.360 e. The summed E-state index contributed by atoms with van der Waals surface area (Å²) < 4.78 is 0. The van der Waals surface area contributed by atoms with Gasteiger partial charge in [-0.1, -0.05) is 19.3 Å². The average Bonchev–Trinajstić information content (AvgIpc) is 2.17. The molecule has 0 aromatic heterocycles. The molecule has 0 radical (unpaired) electrons. The van der Waals surface area contributed by atoms with E-state index in [1.165, 1.54) is 32.1 Å². The van der Waals surface area contributed by atoms with Crippen LogP contribution in [0.5, 0.6) is 0 Å². The Morgan fingerprint density at radius 2 is 1.94 bits per heavy atom. The maximum Gasteiger partial charge on any atom is 0.226 e. The van der Waals surface area contributed by atoms with Crippen molar-refractivity contribution < 1.29 is 4.79 Å². The molecule has 1 amide bonds. The Bertz CT molecular complexity index is 247.